The van der Waals surface area contributed by atoms with Gasteiger partial charge >= 0.3 is 0 Å². The summed E-state index contributed by atoms with van der Waals surface area (Å²) in [5, 5.41) is 13.2. The molecule has 2 N–H and O–H groups in total. The fraction of sp³-hybridized carbons (Fsp3) is 0.500. The van der Waals surface area contributed by atoms with Crippen LogP contribution in [-0.4, -0.2) is 36.7 Å². The van der Waals surface area contributed by atoms with Crippen LogP contribution >= 0.6 is 0 Å². The first kappa shape index (κ1) is 12.7. The van der Waals surface area contributed by atoms with Gasteiger partial charge in [0.25, 0.3) is 0 Å². The number of rotatable bonds is 2. The zero-order chi connectivity index (χ0) is 13.2. The summed E-state index contributed by atoms with van der Waals surface area (Å²) in [6.45, 7) is 1.03. The summed E-state index contributed by atoms with van der Waals surface area (Å²) in [5.74, 6) is 0.572. The topological polar surface area (TPSA) is 113 Å². The van der Waals surface area contributed by atoms with Gasteiger partial charge in [-0.2, -0.15) is 5.26 Å². The van der Waals surface area contributed by atoms with Crippen LogP contribution in [0.2, 0.25) is 0 Å². The first-order valence-electron chi connectivity index (χ1n) is 5.49. The molecule has 1 aromatic rings. The Kier molecular flexibility index (Phi) is 3.45. The van der Waals surface area contributed by atoms with Crippen molar-refractivity contribution in [1.29, 1.82) is 5.26 Å². The maximum absolute atomic E-state index is 11.3. The second-order valence-corrected chi connectivity index (χ2v) is 6.02. The van der Waals surface area contributed by atoms with Crippen LogP contribution in [0.15, 0.2) is 12.4 Å². The summed E-state index contributed by atoms with van der Waals surface area (Å²) in [7, 11) is -3.52. The highest BCUT2D eigenvalue weighted by Gasteiger charge is 2.28. The van der Waals surface area contributed by atoms with E-state index in [0.29, 0.717) is 25.3 Å². The minimum Gasteiger partial charge on any atom is -0.354 e. The lowest BCUT2D eigenvalue weighted by Gasteiger charge is -2.32. The molecule has 8 heteroatoms. The third kappa shape index (κ3) is 2.75. The Morgan fingerprint density at radius 1 is 1.44 bits per heavy atom. The van der Waals surface area contributed by atoms with Crippen molar-refractivity contribution in [3.63, 3.8) is 0 Å². The van der Waals surface area contributed by atoms with Crippen molar-refractivity contribution >= 4 is 15.8 Å². The van der Waals surface area contributed by atoms with Gasteiger partial charge in [-0.05, 0) is 12.8 Å². The smallest absolute Gasteiger partial charge is 0.213 e. The SMILES string of the molecule is N#Cc1cnc(N2CCCC(S(N)(=O)=O)C2)cn1. The Morgan fingerprint density at radius 2 is 2.22 bits per heavy atom. The first-order valence-corrected chi connectivity index (χ1v) is 7.10. The number of piperidine rings is 1. The maximum Gasteiger partial charge on any atom is 0.213 e. The van der Waals surface area contributed by atoms with Gasteiger partial charge in [-0.15, -0.1) is 0 Å². The summed E-state index contributed by atoms with van der Waals surface area (Å²) >= 11 is 0. The van der Waals surface area contributed by atoms with Gasteiger partial charge in [-0.3, -0.25) is 0 Å². The van der Waals surface area contributed by atoms with Gasteiger partial charge in [-0.25, -0.2) is 23.5 Å². The fourth-order valence-corrected chi connectivity index (χ4v) is 2.84. The Balaban J connectivity index is 2.16. The van der Waals surface area contributed by atoms with Crippen molar-refractivity contribution in [2.24, 2.45) is 5.14 Å². The van der Waals surface area contributed by atoms with Crippen molar-refractivity contribution in [1.82, 2.24) is 9.97 Å². The molecule has 1 unspecified atom stereocenters. The predicted molar refractivity (Wildman–Crippen MR) is 65.1 cm³/mol. The molecular formula is C10H13N5O2S. The molecule has 1 saturated heterocycles. The summed E-state index contributed by atoms with van der Waals surface area (Å²) in [6, 6.07) is 1.88. The largest absolute Gasteiger partial charge is 0.354 e. The lowest BCUT2D eigenvalue weighted by atomic mass is 10.1. The van der Waals surface area contributed by atoms with Gasteiger partial charge in [0.1, 0.15) is 11.9 Å². The Bertz CT molecular complexity index is 563. The minimum atomic E-state index is -3.52. The molecule has 18 heavy (non-hydrogen) atoms. The van der Waals surface area contributed by atoms with Crippen LogP contribution in [0.3, 0.4) is 0 Å². The summed E-state index contributed by atoms with van der Waals surface area (Å²) in [6.07, 6.45) is 4.15. The summed E-state index contributed by atoms with van der Waals surface area (Å²) in [4.78, 5) is 9.83. The Labute approximate surface area is 105 Å². The van der Waals surface area contributed by atoms with Gasteiger partial charge < -0.3 is 4.90 Å². The standard InChI is InChI=1S/C10H13N5O2S/c11-4-8-5-14-10(6-13-8)15-3-1-2-9(7-15)18(12,16)17/h5-6,9H,1-3,7H2,(H2,12,16,17). The number of nitriles is 1. The monoisotopic (exact) mass is 267 g/mol. The molecule has 0 radical (unpaired) electrons. The van der Waals surface area contributed by atoms with Crippen LogP contribution < -0.4 is 10.0 Å². The van der Waals surface area contributed by atoms with Crippen molar-refractivity contribution < 1.29 is 8.42 Å². The van der Waals surface area contributed by atoms with E-state index >= 15 is 0 Å². The summed E-state index contributed by atoms with van der Waals surface area (Å²) in [5.41, 5.74) is 0.235. The van der Waals surface area contributed by atoms with E-state index in [0.717, 1.165) is 6.42 Å². The lowest BCUT2D eigenvalue weighted by Crippen LogP contribution is -2.45. The number of primary sulfonamides is 1. The van der Waals surface area contributed by atoms with Gasteiger partial charge in [0, 0.05) is 13.1 Å². The van der Waals surface area contributed by atoms with E-state index in [-0.39, 0.29) is 5.69 Å². The van der Waals surface area contributed by atoms with Crippen LogP contribution in [0, 0.1) is 11.3 Å². The molecule has 2 heterocycles. The number of nitrogens with zero attached hydrogens (tertiary/aromatic N) is 4. The van der Waals surface area contributed by atoms with E-state index in [1.165, 1.54) is 12.4 Å². The van der Waals surface area contributed by atoms with Gasteiger partial charge in [-0.1, -0.05) is 0 Å². The number of aromatic nitrogens is 2. The Hall–Kier alpha value is -1.72. The maximum atomic E-state index is 11.3. The third-order valence-corrected chi connectivity index (χ3v) is 4.23. The Morgan fingerprint density at radius 3 is 2.78 bits per heavy atom. The molecule has 0 aromatic carbocycles. The molecule has 1 atom stereocenters. The molecule has 96 valence electrons. The molecule has 1 aliphatic rings. The number of sulfonamides is 1. The van der Waals surface area contributed by atoms with E-state index in [9.17, 15) is 8.42 Å². The predicted octanol–water partition coefficient (Wildman–Crippen LogP) is -0.394. The van der Waals surface area contributed by atoms with Crippen LogP contribution in [0.1, 0.15) is 18.5 Å². The normalized spacial score (nSPS) is 20.4. The quantitative estimate of drug-likeness (QED) is 0.780. The fourth-order valence-electron chi connectivity index (χ4n) is 1.96. The van der Waals surface area contributed by atoms with E-state index in [4.69, 9.17) is 10.4 Å². The van der Waals surface area contributed by atoms with Crippen molar-refractivity contribution in [2.45, 2.75) is 18.1 Å². The number of nitrogens with two attached hydrogens (primary N) is 1. The van der Waals surface area contributed by atoms with Crippen LogP contribution in [0.5, 0.6) is 0 Å². The molecule has 1 fully saturated rings. The molecule has 7 nitrogen and oxygen atoms in total. The number of hydrogen-bond acceptors (Lipinski definition) is 6. The number of hydrogen-bond donors (Lipinski definition) is 1. The molecule has 1 aromatic heterocycles. The molecule has 0 aliphatic carbocycles. The van der Waals surface area contributed by atoms with Crippen LogP contribution in [0.4, 0.5) is 5.82 Å². The average Bonchev–Trinajstić information content (AvgIpc) is 2.38. The highest BCUT2D eigenvalue weighted by molar-refractivity contribution is 7.89. The molecule has 0 bridgehead atoms. The molecule has 0 saturated carbocycles. The molecular weight excluding hydrogens is 254 g/mol. The van der Waals surface area contributed by atoms with Crippen molar-refractivity contribution in [3.8, 4) is 6.07 Å². The highest BCUT2D eigenvalue weighted by atomic mass is 32.2. The van der Waals surface area contributed by atoms with Crippen molar-refractivity contribution in [3.05, 3.63) is 18.1 Å². The first-order chi connectivity index (χ1) is 8.50. The van der Waals surface area contributed by atoms with E-state index in [1.807, 2.05) is 11.0 Å². The van der Waals surface area contributed by atoms with E-state index in [2.05, 4.69) is 9.97 Å². The summed E-state index contributed by atoms with van der Waals surface area (Å²) < 4.78 is 22.7. The minimum absolute atomic E-state index is 0.235. The second kappa shape index (κ2) is 4.88. The van der Waals surface area contributed by atoms with Crippen LogP contribution in [0.25, 0.3) is 0 Å². The highest BCUT2D eigenvalue weighted by Crippen LogP contribution is 2.19. The van der Waals surface area contributed by atoms with Gasteiger partial charge in [0.2, 0.25) is 10.0 Å². The van der Waals surface area contributed by atoms with Crippen LogP contribution in [-0.2, 0) is 10.0 Å². The van der Waals surface area contributed by atoms with Crippen molar-refractivity contribution in [2.75, 3.05) is 18.0 Å². The van der Waals surface area contributed by atoms with E-state index < -0.39 is 15.3 Å². The molecule has 2 rings (SSSR count). The molecule has 0 amide bonds. The average molecular weight is 267 g/mol. The van der Waals surface area contributed by atoms with Gasteiger partial charge in [0.15, 0.2) is 5.69 Å². The third-order valence-electron chi connectivity index (χ3n) is 2.92. The van der Waals surface area contributed by atoms with E-state index in [1.54, 1.807) is 0 Å². The lowest BCUT2D eigenvalue weighted by molar-refractivity contribution is 0.530. The molecule has 0 spiro atoms. The van der Waals surface area contributed by atoms with Gasteiger partial charge in [0.05, 0.1) is 17.6 Å². The second-order valence-electron chi connectivity index (χ2n) is 4.17. The zero-order valence-corrected chi connectivity index (χ0v) is 10.5. The molecule has 1 aliphatic heterocycles. The number of anilines is 1. The zero-order valence-electron chi connectivity index (χ0n) is 9.65.